The number of nitrogens with one attached hydrogen (secondary N) is 1. The van der Waals surface area contributed by atoms with E-state index in [1.54, 1.807) is 4.90 Å². The molecule has 2 amide bonds. The second kappa shape index (κ2) is 6.95. The zero-order valence-corrected chi connectivity index (χ0v) is 10.4. The van der Waals surface area contributed by atoms with Crippen LogP contribution in [-0.2, 0) is 9.59 Å². The maximum atomic E-state index is 11.9. The second-order valence-corrected chi connectivity index (χ2v) is 4.27. The monoisotopic (exact) mass is 236 g/mol. The van der Waals surface area contributed by atoms with Gasteiger partial charge in [0, 0.05) is 13.0 Å². The highest BCUT2D eigenvalue weighted by Crippen LogP contribution is 2.18. The molecule has 94 valence electrons. The van der Waals surface area contributed by atoms with Crippen molar-refractivity contribution >= 4 is 11.8 Å². The van der Waals surface area contributed by atoms with Gasteiger partial charge in [-0.15, -0.1) is 6.42 Å². The van der Waals surface area contributed by atoms with Gasteiger partial charge in [-0.3, -0.25) is 9.59 Å². The molecule has 1 saturated heterocycles. The van der Waals surface area contributed by atoms with E-state index in [1.165, 1.54) is 0 Å². The quantitative estimate of drug-likeness (QED) is 0.738. The average Bonchev–Trinajstić information content (AvgIpc) is 2.36. The molecule has 0 spiro atoms. The number of amides is 2. The zero-order chi connectivity index (χ0) is 12.7. The van der Waals surface area contributed by atoms with Gasteiger partial charge in [0.15, 0.2) is 0 Å². The first kappa shape index (κ1) is 13.6. The van der Waals surface area contributed by atoms with Crippen molar-refractivity contribution in [2.45, 2.75) is 45.1 Å². The number of piperidine rings is 1. The highest BCUT2D eigenvalue weighted by atomic mass is 16.2. The van der Waals surface area contributed by atoms with Gasteiger partial charge in [0.1, 0.15) is 6.04 Å². The Morgan fingerprint density at radius 2 is 2.24 bits per heavy atom. The topological polar surface area (TPSA) is 49.4 Å². The average molecular weight is 236 g/mol. The van der Waals surface area contributed by atoms with E-state index in [-0.39, 0.29) is 24.4 Å². The van der Waals surface area contributed by atoms with E-state index in [4.69, 9.17) is 6.42 Å². The van der Waals surface area contributed by atoms with Gasteiger partial charge in [-0.25, -0.2) is 0 Å². The summed E-state index contributed by atoms with van der Waals surface area (Å²) in [4.78, 5) is 25.5. The fourth-order valence-corrected chi connectivity index (χ4v) is 2.12. The van der Waals surface area contributed by atoms with Crippen molar-refractivity contribution in [3.05, 3.63) is 0 Å². The Morgan fingerprint density at radius 1 is 1.47 bits per heavy atom. The molecule has 0 saturated carbocycles. The maximum Gasteiger partial charge on any atom is 0.243 e. The second-order valence-electron chi connectivity index (χ2n) is 4.27. The van der Waals surface area contributed by atoms with Crippen LogP contribution in [0.5, 0.6) is 0 Å². The van der Waals surface area contributed by atoms with Crippen LogP contribution in [0.15, 0.2) is 0 Å². The Morgan fingerprint density at radius 3 is 2.88 bits per heavy atom. The molecular formula is C13H20N2O2. The summed E-state index contributed by atoms with van der Waals surface area (Å²) in [7, 11) is 0. The summed E-state index contributed by atoms with van der Waals surface area (Å²) in [6.45, 7) is 2.88. The predicted octanol–water partition coefficient (Wildman–Crippen LogP) is 0.917. The highest BCUT2D eigenvalue weighted by Gasteiger charge is 2.31. The summed E-state index contributed by atoms with van der Waals surface area (Å²) < 4.78 is 0. The molecule has 0 aliphatic carbocycles. The molecular weight excluding hydrogens is 216 g/mol. The molecule has 0 bridgehead atoms. The summed E-state index contributed by atoms with van der Waals surface area (Å²) in [6, 6.07) is -0.323. The molecule has 0 aromatic rings. The van der Waals surface area contributed by atoms with Crippen molar-refractivity contribution in [2.75, 3.05) is 13.1 Å². The van der Waals surface area contributed by atoms with Gasteiger partial charge < -0.3 is 10.2 Å². The smallest absolute Gasteiger partial charge is 0.243 e. The summed E-state index contributed by atoms with van der Waals surface area (Å²) in [5.41, 5.74) is 0. The molecule has 1 unspecified atom stereocenters. The van der Waals surface area contributed by atoms with Crippen molar-refractivity contribution in [3.8, 4) is 12.3 Å². The van der Waals surface area contributed by atoms with E-state index in [1.807, 2.05) is 6.92 Å². The SMILES string of the molecule is C#CCNC(=O)C1CCCCN1C(=O)CCC. The Hall–Kier alpha value is -1.50. The Kier molecular flexibility index (Phi) is 5.55. The van der Waals surface area contributed by atoms with E-state index < -0.39 is 0 Å². The van der Waals surface area contributed by atoms with Crippen LogP contribution in [0.3, 0.4) is 0 Å². The van der Waals surface area contributed by atoms with Gasteiger partial charge in [-0.2, -0.15) is 0 Å². The first-order chi connectivity index (χ1) is 8.20. The summed E-state index contributed by atoms with van der Waals surface area (Å²) in [5.74, 6) is 2.33. The molecule has 1 atom stereocenters. The molecule has 4 nitrogen and oxygen atoms in total. The lowest BCUT2D eigenvalue weighted by molar-refractivity contribution is -0.142. The van der Waals surface area contributed by atoms with Gasteiger partial charge in [0.25, 0.3) is 0 Å². The molecule has 1 aliphatic heterocycles. The van der Waals surface area contributed by atoms with Crippen LogP contribution in [0.1, 0.15) is 39.0 Å². The molecule has 0 radical (unpaired) electrons. The van der Waals surface area contributed by atoms with Crippen molar-refractivity contribution in [2.24, 2.45) is 0 Å². The van der Waals surface area contributed by atoms with Gasteiger partial charge in [-0.05, 0) is 25.7 Å². The van der Waals surface area contributed by atoms with Gasteiger partial charge in [0.05, 0.1) is 6.54 Å². The van der Waals surface area contributed by atoms with E-state index in [9.17, 15) is 9.59 Å². The third kappa shape index (κ3) is 3.77. The van der Waals surface area contributed by atoms with Crippen LogP contribution in [0.4, 0.5) is 0 Å². The highest BCUT2D eigenvalue weighted by molar-refractivity contribution is 5.88. The summed E-state index contributed by atoms with van der Waals surface area (Å²) in [5, 5.41) is 2.66. The number of carbonyl (C=O) groups is 2. The first-order valence-corrected chi connectivity index (χ1v) is 6.21. The maximum absolute atomic E-state index is 11.9. The number of terminal acetylenes is 1. The van der Waals surface area contributed by atoms with Gasteiger partial charge in [-0.1, -0.05) is 12.8 Å². The van der Waals surface area contributed by atoms with Crippen molar-refractivity contribution < 1.29 is 9.59 Å². The van der Waals surface area contributed by atoms with Crippen LogP contribution in [-0.4, -0.2) is 35.8 Å². The van der Waals surface area contributed by atoms with Crippen LogP contribution in [0.25, 0.3) is 0 Å². The molecule has 0 aromatic carbocycles. The number of likely N-dealkylation sites (tertiary alicyclic amines) is 1. The lowest BCUT2D eigenvalue weighted by Crippen LogP contribution is -2.51. The number of hydrogen-bond donors (Lipinski definition) is 1. The van der Waals surface area contributed by atoms with Gasteiger partial charge >= 0.3 is 0 Å². The van der Waals surface area contributed by atoms with Crippen LogP contribution in [0.2, 0.25) is 0 Å². The number of carbonyl (C=O) groups excluding carboxylic acids is 2. The minimum atomic E-state index is -0.323. The fraction of sp³-hybridized carbons (Fsp3) is 0.692. The van der Waals surface area contributed by atoms with Crippen molar-refractivity contribution in [3.63, 3.8) is 0 Å². The van der Waals surface area contributed by atoms with Crippen LogP contribution < -0.4 is 5.32 Å². The normalized spacial score (nSPS) is 19.5. The Balaban J connectivity index is 2.62. The fourth-order valence-electron chi connectivity index (χ4n) is 2.12. The minimum absolute atomic E-state index is 0.0769. The van der Waals surface area contributed by atoms with Crippen LogP contribution in [0, 0.1) is 12.3 Å². The van der Waals surface area contributed by atoms with E-state index in [0.717, 1.165) is 25.7 Å². The lowest BCUT2D eigenvalue weighted by Gasteiger charge is -2.34. The number of rotatable bonds is 4. The lowest BCUT2D eigenvalue weighted by atomic mass is 10.0. The predicted molar refractivity (Wildman–Crippen MR) is 66.1 cm³/mol. The van der Waals surface area contributed by atoms with Crippen molar-refractivity contribution in [1.82, 2.24) is 10.2 Å². The van der Waals surface area contributed by atoms with Gasteiger partial charge in [0.2, 0.25) is 11.8 Å². The summed E-state index contributed by atoms with van der Waals surface area (Å²) in [6.07, 6.45) is 9.14. The third-order valence-corrected chi connectivity index (χ3v) is 2.95. The molecule has 4 heteroatoms. The van der Waals surface area contributed by atoms with E-state index >= 15 is 0 Å². The standard InChI is InChI=1S/C13H20N2O2/c1-3-7-12(16)15-10-6-5-8-11(15)13(17)14-9-4-2/h2,11H,3,5-10H2,1H3,(H,14,17). The Bertz CT molecular complexity index is 320. The Labute approximate surface area is 103 Å². The zero-order valence-electron chi connectivity index (χ0n) is 10.4. The molecule has 1 aliphatic rings. The molecule has 1 heterocycles. The third-order valence-electron chi connectivity index (χ3n) is 2.95. The molecule has 1 N–H and O–H groups in total. The van der Waals surface area contributed by atoms with Crippen molar-refractivity contribution in [1.29, 1.82) is 0 Å². The molecule has 17 heavy (non-hydrogen) atoms. The summed E-state index contributed by atoms with van der Waals surface area (Å²) >= 11 is 0. The molecule has 1 rings (SSSR count). The molecule has 0 aromatic heterocycles. The van der Waals surface area contributed by atoms with E-state index in [2.05, 4.69) is 11.2 Å². The largest absolute Gasteiger partial charge is 0.343 e. The van der Waals surface area contributed by atoms with E-state index in [0.29, 0.717) is 13.0 Å². The first-order valence-electron chi connectivity index (χ1n) is 6.21. The minimum Gasteiger partial charge on any atom is -0.343 e. The number of hydrogen-bond acceptors (Lipinski definition) is 2. The number of nitrogens with zero attached hydrogens (tertiary/aromatic N) is 1. The van der Waals surface area contributed by atoms with Crippen LogP contribution >= 0.6 is 0 Å². The molecule has 1 fully saturated rings.